The third-order valence-corrected chi connectivity index (χ3v) is 4.04. The van der Waals surface area contributed by atoms with Crippen LogP contribution in [0.3, 0.4) is 0 Å². The fourth-order valence-corrected chi connectivity index (χ4v) is 2.60. The minimum Gasteiger partial charge on any atom is -0.353 e. The van der Waals surface area contributed by atoms with Crippen LogP contribution in [0.1, 0.15) is 33.6 Å². The number of aromatic nitrogens is 4. The molecule has 0 saturated heterocycles. The first-order valence-corrected chi connectivity index (χ1v) is 7.73. The summed E-state index contributed by atoms with van der Waals surface area (Å²) >= 11 is 1.39. The number of amides is 1. The molecule has 0 spiro atoms. The molecule has 0 aliphatic heterocycles. The van der Waals surface area contributed by atoms with E-state index in [9.17, 15) is 4.79 Å². The van der Waals surface area contributed by atoms with Crippen molar-refractivity contribution in [1.82, 2.24) is 25.5 Å². The van der Waals surface area contributed by atoms with Gasteiger partial charge in [-0.15, -0.1) is 5.10 Å². The van der Waals surface area contributed by atoms with Crippen molar-refractivity contribution in [2.45, 2.75) is 51.4 Å². The van der Waals surface area contributed by atoms with Crippen molar-refractivity contribution >= 4 is 17.7 Å². The standard InChI is InChI=1S/C12H21N5OS/c1-8(2)6-17-12(14-15-16-17)19-7-11(18)13-9(3)10-4-5-10/h8-10H,4-7H2,1-3H3,(H,13,18). The Hall–Kier alpha value is -1.11. The summed E-state index contributed by atoms with van der Waals surface area (Å²) in [5, 5.41) is 15.3. The van der Waals surface area contributed by atoms with E-state index in [4.69, 9.17) is 0 Å². The van der Waals surface area contributed by atoms with Crippen molar-refractivity contribution in [2.75, 3.05) is 5.75 Å². The normalized spacial score (nSPS) is 16.6. The molecule has 1 fully saturated rings. The number of carbonyl (C=O) groups excluding carboxylic acids is 1. The van der Waals surface area contributed by atoms with Gasteiger partial charge in [-0.25, -0.2) is 4.68 Å². The molecule has 1 N–H and O–H groups in total. The molecule has 19 heavy (non-hydrogen) atoms. The number of hydrogen-bond acceptors (Lipinski definition) is 5. The maximum Gasteiger partial charge on any atom is 0.230 e. The van der Waals surface area contributed by atoms with E-state index in [0.717, 1.165) is 6.54 Å². The molecule has 106 valence electrons. The Bertz CT molecular complexity index is 430. The van der Waals surface area contributed by atoms with Crippen LogP contribution >= 0.6 is 11.8 Å². The van der Waals surface area contributed by atoms with Gasteiger partial charge in [0, 0.05) is 12.6 Å². The minimum atomic E-state index is 0.0588. The predicted octanol–water partition coefficient (Wildman–Crippen LogP) is 1.34. The van der Waals surface area contributed by atoms with Gasteiger partial charge in [-0.1, -0.05) is 25.6 Å². The summed E-state index contributed by atoms with van der Waals surface area (Å²) in [6, 6.07) is 0.291. The lowest BCUT2D eigenvalue weighted by Gasteiger charge is -2.12. The van der Waals surface area contributed by atoms with E-state index in [1.165, 1.54) is 24.6 Å². The summed E-state index contributed by atoms with van der Waals surface area (Å²) in [6.45, 7) is 7.07. The van der Waals surface area contributed by atoms with Gasteiger partial charge in [0.2, 0.25) is 11.1 Å². The van der Waals surface area contributed by atoms with Crippen molar-refractivity contribution in [2.24, 2.45) is 11.8 Å². The Morgan fingerprint density at radius 1 is 1.47 bits per heavy atom. The first-order valence-electron chi connectivity index (χ1n) is 6.74. The molecule has 1 heterocycles. The van der Waals surface area contributed by atoms with Crippen LogP contribution in [0.4, 0.5) is 0 Å². The van der Waals surface area contributed by atoms with Gasteiger partial charge >= 0.3 is 0 Å². The highest BCUT2D eigenvalue weighted by molar-refractivity contribution is 7.99. The van der Waals surface area contributed by atoms with E-state index in [1.54, 1.807) is 4.68 Å². The number of rotatable bonds is 7. The van der Waals surface area contributed by atoms with Crippen LogP contribution in [0, 0.1) is 11.8 Å². The molecule has 1 saturated carbocycles. The second-order valence-corrected chi connectivity index (χ2v) is 6.46. The summed E-state index contributed by atoms with van der Waals surface area (Å²) in [5.41, 5.74) is 0. The number of nitrogens with one attached hydrogen (secondary N) is 1. The molecule has 1 aliphatic carbocycles. The molecule has 1 aromatic rings. The minimum absolute atomic E-state index is 0.0588. The number of thioether (sulfide) groups is 1. The molecule has 0 radical (unpaired) electrons. The highest BCUT2D eigenvalue weighted by Gasteiger charge is 2.28. The molecular formula is C12H21N5OS. The first kappa shape index (κ1) is 14.3. The second-order valence-electron chi connectivity index (χ2n) is 5.52. The fraction of sp³-hybridized carbons (Fsp3) is 0.833. The summed E-state index contributed by atoms with van der Waals surface area (Å²) < 4.78 is 1.76. The van der Waals surface area contributed by atoms with Gasteiger partial charge in [0.25, 0.3) is 0 Å². The monoisotopic (exact) mass is 283 g/mol. The largest absolute Gasteiger partial charge is 0.353 e. The van der Waals surface area contributed by atoms with Crippen molar-refractivity contribution in [3.05, 3.63) is 0 Å². The zero-order valence-corrected chi connectivity index (χ0v) is 12.5. The quantitative estimate of drug-likeness (QED) is 0.764. The van der Waals surface area contributed by atoms with Gasteiger partial charge in [0.05, 0.1) is 5.75 Å². The van der Waals surface area contributed by atoms with Crippen LogP contribution in [0.5, 0.6) is 0 Å². The summed E-state index contributed by atoms with van der Waals surface area (Å²) in [6.07, 6.45) is 2.47. The number of nitrogens with zero attached hydrogens (tertiary/aromatic N) is 4. The van der Waals surface area contributed by atoms with E-state index in [2.05, 4.69) is 41.6 Å². The summed E-state index contributed by atoms with van der Waals surface area (Å²) in [5.74, 6) is 1.59. The van der Waals surface area contributed by atoms with Crippen LogP contribution < -0.4 is 5.32 Å². The van der Waals surface area contributed by atoms with Gasteiger partial charge < -0.3 is 5.32 Å². The third kappa shape index (κ3) is 4.49. The highest BCUT2D eigenvalue weighted by Crippen LogP contribution is 2.32. The molecule has 0 aromatic carbocycles. The lowest BCUT2D eigenvalue weighted by molar-refractivity contribution is -0.119. The van der Waals surface area contributed by atoms with E-state index >= 15 is 0 Å². The lowest BCUT2D eigenvalue weighted by atomic mass is 10.2. The average Bonchev–Trinajstić information content (AvgIpc) is 3.09. The lowest BCUT2D eigenvalue weighted by Crippen LogP contribution is -2.35. The topological polar surface area (TPSA) is 72.7 Å². The summed E-state index contributed by atoms with van der Waals surface area (Å²) in [4.78, 5) is 11.8. The number of tetrazole rings is 1. The molecular weight excluding hydrogens is 262 g/mol. The Morgan fingerprint density at radius 3 is 2.84 bits per heavy atom. The van der Waals surface area contributed by atoms with Gasteiger partial charge in [0.1, 0.15) is 0 Å². The van der Waals surface area contributed by atoms with Crippen LogP contribution in [0.2, 0.25) is 0 Å². The van der Waals surface area contributed by atoms with Gasteiger partial charge in [-0.05, 0) is 42.0 Å². The Labute approximate surface area is 117 Å². The zero-order valence-electron chi connectivity index (χ0n) is 11.7. The van der Waals surface area contributed by atoms with E-state index in [0.29, 0.717) is 28.8 Å². The summed E-state index contributed by atoms with van der Waals surface area (Å²) in [7, 11) is 0. The van der Waals surface area contributed by atoms with Gasteiger partial charge in [-0.2, -0.15) is 0 Å². The van der Waals surface area contributed by atoms with Crippen molar-refractivity contribution in [1.29, 1.82) is 0 Å². The Kier molecular flexibility index (Phi) is 4.79. The second kappa shape index (κ2) is 6.36. The van der Waals surface area contributed by atoms with E-state index < -0.39 is 0 Å². The molecule has 6 nitrogen and oxygen atoms in total. The maximum atomic E-state index is 11.8. The van der Waals surface area contributed by atoms with E-state index in [-0.39, 0.29) is 5.91 Å². The SMILES string of the molecule is CC(C)Cn1nnnc1SCC(=O)NC(C)C1CC1. The molecule has 7 heteroatoms. The van der Waals surface area contributed by atoms with Crippen LogP contribution in [0.25, 0.3) is 0 Å². The smallest absolute Gasteiger partial charge is 0.230 e. The van der Waals surface area contributed by atoms with Crippen molar-refractivity contribution < 1.29 is 4.79 Å². The predicted molar refractivity (Wildman–Crippen MR) is 73.7 cm³/mol. The van der Waals surface area contributed by atoms with Crippen LogP contribution in [-0.2, 0) is 11.3 Å². The van der Waals surface area contributed by atoms with Crippen LogP contribution in [-0.4, -0.2) is 37.9 Å². The average molecular weight is 283 g/mol. The third-order valence-electron chi connectivity index (χ3n) is 3.09. The first-order chi connectivity index (χ1) is 9.06. The zero-order chi connectivity index (χ0) is 13.8. The van der Waals surface area contributed by atoms with E-state index in [1.807, 2.05) is 0 Å². The molecule has 1 atom stereocenters. The number of carbonyl (C=O) groups is 1. The molecule has 0 bridgehead atoms. The van der Waals surface area contributed by atoms with Crippen molar-refractivity contribution in [3.63, 3.8) is 0 Å². The Balaban J connectivity index is 1.77. The highest BCUT2D eigenvalue weighted by atomic mass is 32.2. The fourth-order valence-electron chi connectivity index (χ4n) is 1.90. The molecule has 1 amide bonds. The van der Waals surface area contributed by atoms with Gasteiger partial charge in [-0.3, -0.25) is 4.79 Å². The Morgan fingerprint density at radius 2 is 2.21 bits per heavy atom. The number of hydrogen-bond donors (Lipinski definition) is 1. The maximum absolute atomic E-state index is 11.8. The molecule has 1 aliphatic rings. The molecule has 1 aromatic heterocycles. The van der Waals surface area contributed by atoms with Gasteiger partial charge in [0.15, 0.2) is 0 Å². The molecule has 1 unspecified atom stereocenters. The van der Waals surface area contributed by atoms with Crippen LogP contribution in [0.15, 0.2) is 5.16 Å². The molecule has 2 rings (SSSR count). The van der Waals surface area contributed by atoms with Crippen molar-refractivity contribution in [3.8, 4) is 0 Å².